The van der Waals surface area contributed by atoms with Crippen LogP contribution in [0.3, 0.4) is 0 Å². The molecule has 4 heterocycles. The summed E-state index contributed by atoms with van der Waals surface area (Å²) < 4.78 is 3.68. The van der Waals surface area contributed by atoms with Gasteiger partial charge in [0, 0.05) is 31.9 Å². The van der Waals surface area contributed by atoms with Crippen molar-refractivity contribution >= 4 is 23.2 Å². The molecule has 1 atom stereocenters. The molecule has 0 bridgehead atoms. The maximum absolute atomic E-state index is 13.6. The number of nitrogens with one attached hydrogen (secondary N) is 1. The highest BCUT2D eigenvalue weighted by Gasteiger charge is 2.27. The third kappa shape index (κ3) is 4.11. The summed E-state index contributed by atoms with van der Waals surface area (Å²) in [4.78, 5) is 24.1. The van der Waals surface area contributed by atoms with Crippen molar-refractivity contribution in [3.8, 4) is 0 Å². The zero-order valence-electron chi connectivity index (χ0n) is 17.8. The van der Waals surface area contributed by atoms with Gasteiger partial charge in [0.15, 0.2) is 5.69 Å². The normalized spacial score (nSPS) is 14.5. The average molecular weight is 450 g/mol. The lowest BCUT2D eigenvalue weighted by molar-refractivity contribution is 0.0728. The maximum atomic E-state index is 13.6. The predicted molar refractivity (Wildman–Crippen MR) is 121 cm³/mol. The van der Waals surface area contributed by atoms with Crippen LogP contribution < -0.4 is 5.32 Å². The number of benzene rings is 1. The average Bonchev–Trinajstić information content (AvgIpc) is 3.44. The van der Waals surface area contributed by atoms with Crippen LogP contribution >= 0.6 is 11.6 Å². The number of rotatable bonds is 6. The number of aromatic nitrogens is 5. The zero-order chi connectivity index (χ0) is 22.1. The Bertz CT molecular complexity index is 1250. The summed E-state index contributed by atoms with van der Waals surface area (Å²) in [5, 5.41) is 8.24. The molecule has 0 saturated carbocycles. The Morgan fingerprint density at radius 2 is 2.06 bits per heavy atom. The largest absolute Gasteiger partial charge is 0.333 e. The van der Waals surface area contributed by atoms with E-state index < -0.39 is 0 Å². The number of carbonyl (C=O) groups is 1. The van der Waals surface area contributed by atoms with Crippen molar-refractivity contribution in [2.75, 3.05) is 6.54 Å². The highest BCUT2D eigenvalue weighted by molar-refractivity contribution is 6.30. The third-order valence-corrected chi connectivity index (χ3v) is 6.07. The van der Waals surface area contributed by atoms with E-state index in [0.29, 0.717) is 42.5 Å². The molecule has 1 unspecified atom stereocenters. The molecule has 5 rings (SSSR count). The molecule has 164 valence electrons. The zero-order valence-corrected chi connectivity index (χ0v) is 18.5. The summed E-state index contributed by atoms with van der Waals surface area (Å²) in [5.74, 6) is -0.0555. The number of carbonyl (C=O) groups excluding carboxylic acids is 1. The van der Waals surface area contributed by atoms with Gasteiger partial charge in [0.2, 0.25) is 0 Å². The Kier molecular flexibility index (Phi) is 5.63. The first-order chi connectivity index (χ1) is 15.6. The number of hydrogen-bond donors (Lipinski definition) is 1. The van der Waals surface area contributed by atoms with Gasteiger partial charge in [-0.2, -0.15) is 5.10 Å². The highest BCUT2D eigenvalue weighted by atomic mass is 35.5. The van der Waals surface area contributed by atoms with Gasteiger partial charge in [-0.05, 0) is 36.6 Å². The third-order valence-electron chi connectivity index (χ3n) is 5.85. The minimum atomic E-state index is -0.0555. The van der Waals surface area contributed by atoms with Gasteiger partial charge in [0.25, 0.3) is 5.91 Å². The molecule has 1 aliphatic rings. The summed E-state index contributed by atoms with van der Waals surface area (Å²) in [5.41, 5.74) is 4.47. The molecule has 1 amide bonds. The molecule has 32 heavy (non-hydrogen) atoms. The Morgan fingerprint density at radius 3 is 2.88 bits per heavy atom. The van der Waals surface area contributed by atoms with Crippen LogP contribution in [0.4, 0.5) is 0 Å². The highest BCUT2D eigenvalue weighted by Crippen LogP contribution is 2.23. The van der Waals surface area contributed by atoms with Crippen LogP contribution in [0.2, 0.25) is 5.02 Å². The second kappa shape index (κ2) is 8.72. The molecular weight excluding hydrogens is 426 g/mol. The number of imidazole rings is 1. The number of halogens is 1. The first kappa shape index (κ1) is 20.7. The summed E-state index contributed by atoms with van der Waals surface area (Å²) in [7, 11) is 0. The molecule has 0 fully saturated rings. The van der Waals surface area contributed by atoms with Crippen molar-refractivity contribution in [1.29, 1.82) is 0 Å². The molecule has 3 aromatic heterocycles. The number of pyridine rings is 1. The van der Waals surface area contributed by atoms with Crippen LogP contribution in [0.1, 0.15) is 34.2 Å². The van der Waals surface area contributed by atoms with Crippen molar-refractivity contribution < 1.29 is 4.79 Å². The van der Waals surface area contributed by atoms with Crippen LogP contribution in [-0.2, 0) is 26.1 Å². The van der Waals surface area contributed by atoms with Gasteiger partial charge >= 0.3 is 0 Å². The van der Waals surface area contributed by atoms with E-state index in [1.165, 1.54) is 17.5 Å². The van der Waals surface area contributed by atoms with Crippen LogP contribution in [0.25, 0.3) is 5.65 Å². The van der Waals surface area contributed by atoms with Crippen LogP contribution in [-0.4, -0.2) is 47.5 Å². The minimum Gasteiger partial charge on any atom is -0.333 e. The Balaban J connectivity index is 1.41. The summed E-state index contributed by atoms with van der Waals surface area (Å²) in [6, 6.07) is 12.0. The standard InChI is InChI=1S/C23H24ClN7O/c1-16(11-30-15-25-14-27-30)26-10-20-22(28-21-7-6-19(24)13-31(20)21)23(32)29-9-8-17-4-2-3-5-18(17)12-29/h2-7,13-16,26H,8-12H2,1H3. The monoisotopic (exact) mass is 449 g/mol. The molecule has 8 nitrogen and oxygen atoms in total. The predicted octanol–water partition coefficient (Wildman–Crippen LogP) is 2.96. The van der Waals surface area contributed by atoms with E-state index in [2.05, 4.69) is 39.4 Å². The topological polar surface area (TPSA) is 80.3 Å². The van der Waals surface area contributed by atoms with Crippen LogP contribution in [0.15, 0.2) is 55.2 Å². The molecule has 9 heteroatoms. The molecule has 0 saturated heterocycles. The second-order valence-corrected chi connectivity index (χ2v) is 8.56. The van der Waals surface area contributed by atoms with E-state index in [1.54, 1.807) is 17.1 Å². The van der Waals surface area contributed by atoms with Gasteiger partial charge < -0.3 is 14.6 Å². The summed E-state index contributed by atoms with van der Waals surface area (Å²) in [6.07, 6.45) is 5.87. The van der Waals surface area contributed by atoms with E-state index in [4.69, 9.17) is 11.6 Å². The maximum Gasteiger partial charge on any atom is 0.274 e. The molecular formula is C23H24ClN7O. The van der Waals surface area contributed by atoms with Crippen molar-refractivity contribution in [2.24, 2.45) is 0 Å². The van der Waals surface area contributed by atoms with E-state index in [-0.39, 0.29) is 11.9 Å². The smallest absolute Gasteiger partial charge is 0.274 e. The van der Waals surface area contributed by atoms with Crippen molar-refractivity contribution in [1.82, 2.24) is 34.4 Å². The fraction of sp³-hybridized carbons (Fsp3) is 0.304. The lowest BCUT2D eigenvalue weighted by Crippen LogP contribution is -2.37. The fourth-order valence-electron chi connectivity index (χ4n) is 4.17. The van der Waals surface area contributed by atoms with Crippen molar-refractivity contribution in [3.05, 3.63) is 82.8 Å². The van der Waals surface area contributed by atoms with E-state index in [9.17, 15) is 4.79 Å². The van der Waals surface area contributed by atoms with E-state index >= 15 is 0 Å². The molecule has 1 aromatic carbocycles. The molecule has 0 radical (unpaired) electrons. The van der Waals surface area contributed by atoms with Gasteiger partial charge in [-0.15, -0.1) is 0 Å². The van der Waals surface area contributed by atoms with E-state index in [1.807, 2.05) is 33.7 Å². The lowest BCUT2D eigenvalue weighted by atomic mass is 9.99. The Morgan fingerprint density at radius 1 is 1.22 bits per heavy atom. The van der Waals surface area contributed by atoms with Crippen molar-refractivity contribution in [3.63, 3.8) is 0 Å². The number of nitrogens with zero attached hydrogens (tertiary/aromatic N) is 6. The number of amides is 1. The molecule has 1 N–H and O–H groups in total. The minimum absolute atomic E-state index is 0.0555. The molecule has 0 spiro atoms. The van der Waals surface area contributed by atoms with Gasteiger partial charge in [0.1, 0.15) is 18.3 Å². The molecule has 1 aliphatic heterocycles. The van der Waals surface area contributed by atoms with Gasteiger partial charge in [-0.3, -0.25) is 9.48 Å². The quantitative estimate of drug-likeness (QED) is 0.489. The lowest BCUT2D eigenvalue weighted by Gasteiger charge is -2.28. The van der Waals surface area contributed by atoms with Gasteiger partial charge in [-0.25, -0.2) is 9.97 Å². The van der Waals surface area contributed by atoms with Gasteiger partial charge in [-0.1, -0.05) is 35.9 Å². The van der Waals surface area contributed by atoms with Crippen LogP contribution in [0.5, 0.6) is 0 Å². The number of fused-ring (bicyclic) bond motifs is 2. The summed E-state index contributed by atoms with van der Waals surface area (Å²) >= 11 is 6.26. The fourth-order valence-corrected chi connectivity index (χ4v) is 4.33. The molecule has 4 aromatic rings. The number of hydrogen-bond acceptors (Lipinski definition) is 5. The first-order valence-corrected chi connectivity index (χ1v) is 11.0. The van der Waals surface area contributed by atoms with Gasteiger partial charge in [0.05, 0.1) is 17.3 Å². The Labute approximate surface area is 190 Å². The van der Waals surface area contributed by atoms with Crippen LogP contribution in [0, 0.1) is 0 Å². The second-order valence-electron chi connectivity index (χ2n) is 8.13. The summed E-state index contributed by atoms with van der Waals surface area (Å²) in [6.45, 7) is 4.49. The Hall–Kier alpha value is -3.23. The molecule has 0 aliphatic carbocycles. The first-order valence-electron chi connectivity index (χ1n) is 10.7. The van der Waals surface area contributed by atoms with Crippen molar-refractivity contribution in [2.45, 2.75) is 39.0 Å². The SMILES string of the molecule is CC(Cn1cncn1)NCc1c(C(=O)N2CCc3ccccc3C2)nc2ccc(Cl)cn12. The van der Waals surface area contributed by atoms with E-state index in [0.717, 1.165) is 12.1 Å².